The van der Waals surface area contributed by atoms with Crippen LogP contribution < -0.4 is 0 Å². The number of hydrogen-bond donors (Lipinski definition) is 0. The second kappa shape index (κ2) is 2.76. The maximum atomic E-state index is 5.67. The van der Waals surface area contributed by atoms with E-state index in [-0.39, 0.29) is 5.79 Å². The summed E-state index contributed by atoms with van der Waals surface area (Å²) in [5.74, 6) is 0.428. The maximum Gasteiger partial charge on any atom is 0.171 e. The molecule has 2 fully saturated rings. The summed E-state index contributed by atoms with van der Waals surface area (Å²) in [6.07, 6.45) is 4.98. The van der Waals surface area contributed by atoms with Crippen molar-refractivity contribution < 1.29 is 9.47 Å². The first kappa shape index (κ1) is 7.56. The molecular weight excluding hydrogens is 140 g/mol. The summed E-state index contributed by atoms with van der Waals surface area (Å²) in [4.78, 5) is 0. The molecular formula is C9H16O2. The van der Waals surface area contributed by atoms with Crippen LogP contribution in [0.3, 0.4) is 0 Å². The summed E-state index contributed by atoms with van der Waals surface area (Å²) in [7, 11) is 0. The zero-order valence-corrected chi connectivity index (χ0v) is 7.14. The van der Waals surface area contributed by atoms with E-state index in [1.54, 1.807) is 0 Å². The molecule has 0 aromatic rings. The number of ether oxygens (including phenoxy) is 2. The first-order chi connectivity index (χ1) is 5.33. The molecule has 0 aromatic heterocycles. The molecule has 1 heterocycles. The Morgan fingerprint density at radius 1 is 1.18 bits per heavy atom. The van der Waals surface area contributed by atoms with Crippen molar-refractivity contribution >= 4 is 0 Å². The van der Waals surface area contributed by atoms with Crippen LogP contribution >= 0.6 is 0 Å². The molecule has 1 atom stereocenters. The van der Waals surface area contributed by atoms with E-state index in [0.29, 0.717) is 5.92 Å². The maximum absolute atomic E-state index is 5.67. The van der Waals surface area contributed by atoms with Crippen molar-refractivity contribution in [3.05, 3.63) is 0 Å². The minimum atomic E-state index is -0.168. The second-order valence-corrected chi connectivity index (χ2v) is 3.66. The third-order valence-electron chi connectivity index (χ3n) is 2.94. The van der Waals surface area contributed by atoms with E-state index in [4.69, 9.17) is 9.47 Å². The van der Waals surface area contributed by atoms with E-state index in [1.807, 2.05) is 0 Å². The molecule has 0 radical (unpaired) electrons. The Kier molecular flexibility index (Phi) is 1.90. The lowest BCUT2D eigenvalue weighted by Crippen LogP contribution is -2.40. The molecule has 2 nitrogen and oxygen atoms in total. The van der Waals surface area contributed by atoms with Gasteiger partial charge < -0.3 is 9.47 Å². The zero-order chi connectivity index (χ0) is 7.73. The van der Waals surface area contributed by atoms with Crippen LogP contribution in [-0.4, -0.2) is 19.0 Å². The molecule has 1 saturated carbocycles. The molecule has 2 rings (SSSR count). The molecule has 64 valence electrons. The number of rotatable bonds is 0. The minimum absolute atomic E-state index is 0.168. The van der Waals surface area contributed by atoms with Crippen molar-refractivity contribution in [1.29, 1.82) is 0 Å². The van der Waals surface area contributed by atoms with Crippen LogP contribution in [0.1, 0.15) is 32.6 Å². The summed E-state index contributed by atoms with van der Waals surface area (Å²) < 4.78 is 11.3. The highest BCUT2D eigenvalue weighted by Gasteiger charge is 2.43. The van der Waals surface area contributed by atoms with Gasteiger partial charge in [-0.05, 0) is 12.8 Å². The fourth-order valence-corrected chi connectivity index (χ4v) is 2.19. The van der Waals surface area contributed by atoms with Crippen LogP contribution in [0.4, 0.5) is 0 Å². The third-order valence-corrected chi connectivity index (χ3v) is 2.94. The van der Waals surface area contributed by atoms with E-state index >= 15 is 0 Å². The summed E-state index contributed by atoms with van der Waals surface area (Å²) in [6.45, 7) is 3.83. The van der Waals surface area contributed by atoms with Crippen LogP contribution in [0.25, 0.3) is 0 Å². The molecule has 11 heavy (non-hydrogen) atoms. The third kappa shape index (κ3) is 1.18. The topological polar surface area (TPSA) is 18.5 Å². The monoisotopic (exact) mass is 156 g/mol. The lowest BCUT2D eigenvalue weighted by atomic mass is 9.85. The van der Waals surface area contributed by atoms with Crippen molar-refractivity contribution in [2.75, 3.05) is 13.2 Å². The first-order valence-corrected chi connectivity index (χ1v) is 4.61. The van der Waals surface area contributed by atoms with E-state index in [9.17, 15) is 0 Å². The smallest absolute Gasteiger partial charge is 0.171 e. The predicted octanol–water partition coefficient (Wildman–Crippen LogP) is 1.94. The largest absolute Gasteiger partial charge is 0.347 e. The van der Waals surface area contributed by atoms with Gasteiger partial charge >= 0.3 is 0 Å². The van der Waals surface area contributed by atoms with Crippen molar-refractivity contribution in [3.8, 4) is 0 Å². The van der Waals surface area contributed by atoms with Gasteiger partial charge in [0.1, 0.15) is 0 Å². The molecule has 0 bridgehead atoms. The molecule has 1 saturated heterocycles. The Morgan fingerprint density at radius 2 is 1.91 bits per heavy atom. The van der Waals surface area contributed by atoms with Gasteiger partial charge in [-0.15, -0.1) is 0 Å². The molecule has 2 aliphatic rings. The van der Waals surface area contributed by atoms with Crippen molar-refractivity contribution in [2.24, 2.45) is 5.92 Å². The van der Waals surface area contributed by atoms with Gasteiger partial charge in [-0.2, -0.15) is 0 Å². The summed E-state index contributed by atoms with van der Waals surface area (Å²) in [6, 6.07) is 0. The normalized spacial score (nSPS) is 36.3. The van der Waals surface area contributed by atoms with Crippen LogP contribution in [0.15, 0.2) is 0 Å². The Morgan fingerprint density at radius 3 is 2.55 bits per heavy atom. The first-order valence-electron chi connectivity index (χ1n) is 4.61. The summed E-state index contributed by atoms with van der Waals surface area (Å²) >= 11 is 0. The van der Waals surface area contributed by atoms with Crippen LogP contribution in [0.5, 0.6) is 0 Å². The van der Waals surface area contributed by atoms with E-state index in [1.165, 1.54) is 19.3 Å². The Hall–Kier alpha value is -0.0800. The predicted molar refractivity (Wildman–Crippen MR) is 42.3 cm³/mol. The van der Waals surface area contributed by atoms with Crippen LogP contribution in [0.2, 0.25) is 0 Å². The Labute approximate surface area is 67.9 Å². The van der Waals surface area contributed by atoms with E-state index in [2.05, 4.69) is 6.92 Å². The summed E-state index contributed by atoms with van der Waals surface area (Å²) in [5, 5.41) is 0. The number of hydrogen-bond acceptors (Lipinski definition) is 2. The van der Waals surface area contributed by atoms with Crippen LogP contribution in [0, 0.1) is 5.92 Å². The lowest BCUT2D eigenvalue weighted by Gasteiger charge is -2.37. The SMILES string of the molecule is CC1CCCCC12OCCO2. The average molecular weight is 156 g/mol. The molecule has 0 amide bonds. The van der Waals surface area contributed by atoms with Gasteiger partial charge in [-0.1, -0.05) is 13.3 Å². The molecule has 1 aliphatic carbocycles. The minimum Gasteiger partial charge on any atom is -0.347 e. The Bertz CT molecular complexity index is 138. The second-order valence-electron chi connectivity index (χ2n) is 3.66. The highest BCUT2D eigenvalue weighted by atomic mass is 16.7. The molecule has 0 aromatic carbocycles. The molecule has 1 aliphatic heterocycles. The summed E-state index contributed by atoms with van der Waals surface area (Å²) in [5.41, 5.74) is 0. The molecule has 1 spiro atoms. The molecule has 0 N–H and O–H groups in total. The fraction of sp³-hybridized carbons (Fsp3) is 1.00. The standard InChI is InChI=1S/C9H16O2/c1-8-4-2-3-5-9(8)10-6-7-11-9/h8H,2-7H2,1H3. The highest BCUT2D eigenvalue weighted by Crippen LogP contribution is 2.39. The van der Waals surface area contributed by atoms with Gasteiger partial charge in [-0.25, -0.2) is 0 Å². The van der Waals surface area contributed by atoms with Gasteiger partial charge in [-0.3, -0.25) is 0 Å². The lowest BCUT2D eigenvalue weighted by molar-refractivity contribution is -0.207. The van der Waals surface area contributed by atoms with Crippen molar-refractivity contribution in [3.63, 3.8) is 0 Å². The average Bonchev–Trinajstić information content (AvgIpc) is 2.46. The quantitative estimate of drug-likeness (QED) is 0.533. The van der Waals surface area contributed by atoms with E-state index in [0.717, 1.165) is 19.6 Å². The molecule has 2 heteroatoms. The van der Waals surface area contributed by atoms with Crippen molar-refractivity contribution in [2.45, 2.75) is 38.4 Å². The van der Waals surface area contributed by atoms with Gasteiger partial charge in [0.25, 0.3) is 0 Å². The zero-order valence-electron chi connectivity index (χ0n) is 7.14. The van der Waals surface area contributed by atoms with Gasteiger partial charge in [0.15, 0.2) is 5.79 Å². The molecule has 1 unspecified atom stereocenters. The van der Waals surface area contributed by atoms with Gasteiger partial charge in [0, 0.05) is 12.3 Å². The van der Waals surface area contributed by atoms with Crippen molar-refractivity contribution in [1.82, 2.24) is 0 Å². The van der Waals surface area contributed by atoms with E-state index < -0.39 is 0 Å². The Balaban J connectivity index is 2.07. The highest BCUT2D eigenvalue weighted by molar-refractivity contribution is 4.83. The van der Waals surface area contributed by atoms with Gasteiger partial charge in [0.05, 0.1) is 13.2 Å². The van der Waals surface area contributed by atoms with Crippen LogP contribution in [-0.2, 0) is 9.47 Å². The van der Waals surface area contributed by atoms with Gasteiger partial charge in [0.2, 0.25) is 0 Å². The fourth-order valence-electron chi connectivity index (χ4n) is 2.19.